The molecule has 0 radical (unpaired) electrons. The van der Waals surface area contributed by atoms with Crippen LogP contribution in [-0.4, -0.2) is 33.2 Å². The zero-order valence-electron chi connectivity index (χ0n) is 9.84. The van der Waals surface area contributed by atoms with E-state index in [0.717, 1.165) is 17.5 Å². The van der Waals surface area contributed by atoms with Crippen LogP contribution in [0.5, 0.6) is 0 Å². The predicted molar refractivity (Wildman–Crippen MR) is 71.0 cm³/mol. The molecule has 4 heteroatoms. The van der Waals surface area contributed by atoms with Crippen LogP contribution in [0.2, 0.25) is 0 Å². The van der Waals surface area contributed by atoms with Gasteiger partial charge in [0.25, 0.3) is 0 Å². The third-order valence-corrected chi connectivity index (χ3v) is 4.26. The second kappa shape index (κ2) is 4.03. The molecule has 90 valence electrons. The van der Waals surface area contributed by atoms with Crippen molar-refractivity contribution in [1.82, 2.24) is 4.90 Å². The van der Waals surface area contributed by atoms with Gasteiger partial charge in [-0.1, -0.05) is 42.1 Å². The highest BCUT2D eigenvalue weighted by Crippen LogP contribution is 2.39. The first kappa shape index (κ1) is 11.1. The summed E-state index contributed by atoms with van der Waals surface area (Å²) in [6.45, 7) is 2.82. The summed E-state index contributed by atoms with van der Waals surface area (Å²) in [4.78, 5) is 6.73. The van der Waals surface area contributed by atoms with Crippen LogP contribution < -0.4 is 0 Å². The van der Waals surface area contributed by atoms with E-state index >= 15 is 0 Å². The summed E-state index contributed by atoms with van der Waals surface area (Å²) in [5.41, 5.74) is 0.339. The molecule has 0 spiro atoms. The SMILES string of the molecule is C[C@]1(O)C[C@@H](c2ccccc2)N2CCSC2=N1. The van der Waals surface area contributed by atoms with Crippen LogP contribution >= 0.6 is 11.8 Å². The summed E-state index contributed by atoms with van der Waals surface area (Å²) in [6.07, 6.45) is 0.668. The first-order valence-electron chi connectivity index (χ1n) is 5.92. The largest absolute Gasteiger partial charge is 0.369 e. The van der Waals surface area contributed by atoms with Gasteiger partial charge in [0.15, 0.2) is 10.9 Å². The third kappa shape index (κ3) is 2.07. The van der Waals surface area contributed by atoms with Crippen molar-refractivity contribution < 1.29 is 5.11 Å². The van der Waals surface area contributed by atoms with E-state index < -0.39 is 5.72 Å². The number of benzene rings is 1. The molecule has 0 bridgehead atoms. The maximum Gasteiger partial charge on any atom is 0.162 e. The molecule has 0 aliphatic carbocycles. The van der Waals surface area contributed by atoms with Crippen LogP contribution in [0.3, 0.4) is 0 Å². The molecule has 1 aromatic carbocycles. The van der Waals surface area contributed by atoms with E-state index in [1.165, 1.54) is 5.56 Å². The Hall–Kier alpha value is -1.00. The van der Waals surface area contributed by atoms with E-state index in [-0.39, 0.29) is 6.04 Å². The van der Waals surface area contributed by atoms with E-state index in [1.807, 2.05) is 6.07 Å². The standard InChI is InChI=1S/C13H16N2OS/c1-13(16)9-11(10-5-3-2-4-6-10)15-7-8-17-12(15)14-13/h2-6,11,16H,7-9H2,1H3/t11-,13-/m0/s1. The highest BCUT2D eigenvalue weighted by atomic mass is 32.2. The van der Waals surface area contributed by atoms with Crippen molar-refractivity contribution in [2.45, 2.75) is 25.1 Å². The maximum atomic E-state index is 10.2. The number of aliphatic imine (C=N–C) groups is 1. The first-order valence-corrected chi connectivity index (χ1v) is 6.91. The fourth-order valence-corrected chi connectivity index (χ4v) is 3.62. The number of aliphatic hydroxyl groups is 1. The summed E-state index contributed by atoms with van der Waals surface area (Å²) < 4.78 is 0. The lowest BCUT2D eigenvalue weighted by Crippen LogP contribution is -2.41. The Balaban J connectivity index is 1.98. The lowest BCUT2D eigenvalue weighted by atomic mass is 9.95. The topological polar surface area (TPSA) is 35.8 Å². The van der Waals surface area contributed by atoms with Crippen LogP contribution in [0.15, 0.2) is 35.3 Å². The first-order chi connectivity index (χ1) is 8.16. The van der Waals surface area contributed by atoms with E-state index in [0.29, 0.717) is 6.42 Å². The molecule has 2 aliphatic rings. The average molecular weight is 248 g/mol. The average Bonchev–Trinajstić information content (AvgIpc) is 2.75. The maximum absolute atomic E-state index is 10.2. The summed E-state index contributed by atoms with van der Waals surface area (Å²) in [7, 11) is 0. The lowest BCUT2D eigenvalue weighted by molar-refractivity contribution is 0.0255. The minimum Gasteiger partial charge on any atom is -0.369 e. The van der Waals surface area contributed by atoms with Gasteiger partial charge >= 0.3 is 0 Å². The van der Waals surface area contributed by atoms with Gasteiger partial charge < -0.3 is 10.0 Å². The second-order valence-corrected chi connectivity index (χ2v) is 5.85. The smallest absolute Gasteiger partial charge is 0.162 e. The van der Waals surface area contributed by atoms with Crippen LogP contribution in [0, 0.1) is 0 Å². The van der Waals surface area contributed by atoms with Gasteiger partial charge in [0, 0.05) is 18.7 Å². The van der Waals surface area contributed by atoms with Gasteiger partial charge in [-0.3, -0.25) is 0 Å². The number of amidine groups is 1. The van der Waals surface area contributed by atoms with Crippen LogP contribution in [-0.2, 0) is 0 Å². The second-order valence-electron chi connectivity index (χ2n) is 4.78. The van der Waals surface area contributed by atoms with Gasteiger partial charge in [-0.2, -0.15) is 0 Å². The van der Waals surface area contributed by atoms with Gasteiger partial charge in [0.05, 0.1) is 6.04 Å². The number of hydrogen-bond acceptors (Lipinski definition) is 4. The Labute approximate surface area is 106 Å². The third-order valence-electron chi connectivity index (χ3n) is 3.29. The van der Waals surface area contributed by atoms with Crippen molar-refractivity contribution in [2.75, 3.05) is 12.3 Å². The molecule has 0 amide bonds. The molecule has 3 rings (SSSR count). The Bertz CT molecular complexity index is 444. The molecule has 0 unspecified atom stereocenters. The number of fused-ring (bicyclic) bond motifs is 1. The van der Waals surface area contributed by atoms with Crippen molar-refractivity contribution in [3.63, 3.8) is 0 Å². The molecular weight excluding hydrogens is 232 g/mol. The Morgan fingerprint density at radius 3 is 2.94 bits per heavy atom. The molecule has 2 heterocycles. The van der Waals surface area contributed by atoms with E-state index in [1.54, 1.807) is 18.7 Å². The number of rotatable bonds is 1. The zero-order chi connectivity index (χ0) is 11.9. The molecule has 2 atom stereocenters. The summed E-state index contributed by atoms with van der Waals surface area (Å²) in [6, 6.07) is 10.7. The minimum absolute atomic E-state index is 0.258. The van der Waals surface area contributed by atoms with Gasteiger partial charge in [-0.05, 0) is 12.5 Å². The summed E-state index contributed by atoms with van der Waals surface area (Å²) in [5, 5.41) is 11.2. The number of hydrogen-bond donors (Lipinski definition) is 1. The van der Waals surface area contributed by atoms with Gasteiger partial charge in [0.1, 0.15) is 0 Å². The lowest BCUT2D eigenvalue weighted by Gasteiger charge is -2.38. The Morgan fingerprint density at radius 2 is 2.18 bits per heavy atom. The van der Waals surface area contributed by atoms with Gasteiger partial charge in [0.2, 0.25) is 0 Å². The van der Waals surface area contributed by atoms with Crippen molar-refractivity contribution in [3.8, 4) is 0 Å². The molecule has 1 saturated heterocycles. The zero-order valence-corrected chi connectivity index (χ0v) is 10.7. The highest BCUT2D eigenvalue weighted by molar-refractivity contribution is 8.14. The fraction of sp³-hybridized carbons (Fsp3) is 0.462. The summed E-state index contributed by atoms with van der Waals surface area (Å²) in [5.74, 6) is 1.07. The van der Waals surface area contributed by atoms with E-state index in [2.05, 4.69) is 34.2 Å². The molecule has 0 aromatic heterocycles. The van der Waals surface area contributed by atoms with Crippen LogP contribution in [0.1, 0.15) is 24.9 Å². The number of nitrogens with zero attached hydrogens (tertiary/aromatic N) is 2. The molecular formula is C13H16N2OS. The van der Waals surface area contributed by atoms with Crippen LogP contribution in [0.4, 0.5) is 0 Å². The van der Waals surface area contributed by atoms with Gasteiger partial charge in [-0.25, -0.2) is 4.99 Å². The molecule has 2 aliphatic heterocycles. The highest BCUT2D eigenvalue weighted by Gasteiger charge is 2.39. The molecule has 1 N–H and O–H groups in total. The predicted octanol–water partition coefficient (Wildman–Crippen LogP) is 2.24. The Kier molecular flexibility index (Phi) is 2.64. The van der Waals surface area contributed by atoms with Crippen molar-refractivity contribution in [1.29, 1.82) is 0 Å². The summed E-state index contributed by atoms with van der Waals surface area (Å²) >= 11 is 1.74. The van der Waals surface area contributed by atoms with Crippen molar-refractivity contribution in [3.05, 3.63) is 35.9 Å². The Morgan fingerprint density at radius 1 is 1.41 bits per heavy atom. The fourth-order valence-electron chi connectivity index (χ4n) is 2.50. The van der Waals surface area contributed by atoms with Crippen LogP contribution in [0.25, 0.3) is 0 Å². The molecule has 3 nitrogen and oxygen atoms in total. The van der Waals surface area contributed by atoms with Gasteiger partial charge in [-0.15, -0.1) is 0 Å². The molecule has 1 fully saturated rings. The van der Waals surface area contributed by atoms with E-state index in [9.17, 15) is 5.11 Å². The minimum atomic E-state index is -0.927. The normalized spacial score (nSPS) is 32.2. The monoisotopic (exact) mass is 248 g/mol. The van der Waals surface area contributed by atoms with Crippen molar-refractivity contribution in [2.24, 2.45) is 4.99 Å². The quantitative estimate of drug-likeness (QED) is 0.828. The number of thioether (sulfide) groups is 1. The molecule has 1 aromatic rings. The molecule has 17 heavy (non-hydrogen) atoms. The van der Waals surface area contributed by atoms with E-state index in [4.69, 9.17) is 0 Å². The molecule has 0 saturated carbocycles. The van der Waals surface area contributed by atoms with Crippen molar-refractivity contribution >= 4 is 16.9 Å².